The monoisotopic (exact) mass is 405 g/mol. The van der Waals surface area contributed by atoms with E-state index in [1.54, 1.807) is 28.8 Å². The van der Waals surface area contributed by atoms with Crippen molar-refractivity contribution in [3.8, 4) is 11.5 Å². The van der Waals surface area contributed by atoms with Crippen molar-refractivity contribution in [2.75, 3.05) is 24.9 Å². The maximum atomic E-state index is 12.4. The minimum Gasteiger partial charge on any atom is -0.495 e. The van der Waals surface area contributed by atoms with E-state index in [0.29, 0.717) is 45.5 Å². The second kappa shape index (κ2) is 8.26. The van der Waals surface area contributed by atoms with Crippen LogP contribution in [0.4, 0.5) is 16.2 Å². The van der Waals surface area contributed by atoms with Crippen LogP contribution in [0.25, 0.3) is 11.1 Å². The summed E-state index contributed by atoms with van der Waals surface area (Å²) in [5.41, 5.74) is 1.94. The molecule has 0 atom stereocenters. The first-order chi connectivity index (χ1) is 13.5. The second-order valence-corrected chi connectivity index (χ2v) is 6.38. The number of aromatic nitrogens is 1. The Morgan fingerprint density at radius 3 is 2.57 bits per heavy atom. The number of aryl methyl sites for hydroxylation is 1. The van der Waals surface area contributed by atoms with Gasteiger partial charge in [-0.3, -0.25) is 4.57 Å². The Balaban J connectivity index is 1.80. The molecular formula is C19H20ClN3O5. The number of carbonyl (C=O) groups excluding carboxylic acids is 1. The number of fused-ring (bicyclic) bond motifs is 1. The molecule has 0 saturated heterocycles. The van der Waals surface area contributed by atoms with Crippen LogP contribution in [-0.4, -0.2) is 24.8 Å². The van der Waals surface area contributed by atoms with Crippen molar-refractivity contribution in [1.82, 2.24) is 4.57 Å². The Labute approximate surface area is 166 Å². The van der Waals surface area contributed by atoms with E-state index in [1.165, 1.54) is 20.3 Å². The number of methoxy groups -OCH3 is 2. The van der Waals surface area contributed by atoms with E-state index in [9.17, 15) is 9.59 Å². The number of hydrogen-bond donors (Lipinski definition) is 2. The minimum absolute atomic E-state index is 0.332. The fraction of sp³-hybridized carbons (Fsp3) is 0.263. The van der Waals surface area contributed by atoms with Crippen molar-refractivity contribution in [3.63, 3.8) is 0 Å². The third-order valence-corrected chi connectivity index (χ3v) is 4.39. The smallest absolute Gasteiger partial charge is 0.419 e. The molecule has 0 aliphatic heterocycles. The van der Waals surface area contributed by atoms with Gasteiger partial charge in [0, 0.05) is 24.4 Å². The van der Waals surface area contributed by atoms with Gasteiger partial charge in [0.15, 0.2) is 5.58 Å². The van der Waals surface area contributed by atoms with Gasteiger partial charge < -0.3 is 24.5 Å². The highest BCUT2D eigenvalue weighted by atomic mass is 35.5. The number of nitrogens with one attached hydrogen (secondary N) is 2. The molecule has 0 radical (unpaired) electrons. The molecule has 0 fully saturated rings. The van der Waals surface area contributed by atoms with Crippen LogP contribution in [0.1, 0.15) is 13.3 Å². The largest absolute Gasteiger partial charge is 0.495 e. The van der Waals surface area contributed by atoms with Crippen molar-refractivity contribution in [2.24, 2.45) is 0 Å². The van der Waals surface area contributed by atoms with Crippen molar-refractivity contribution in [2.45, 2.75) is 19.9 Å². The molecule has 3 rings (SSSR count). The van der Waals surface area contributed by atoms with E-state index in [4.69, 9.17) is 25.5 Å². The summed E-state index contributed by atoms with van der Waals surface area (Å²) in [6, 6.07) is 7.63. The van der Waals surface area contributed by atoms with Crippen molar-refractivity contribution >= 4 is 40.1 Å². The van der Waals surface area contributed by atoms with Crippen molar-refractivity contribution in [3.05, 3.63) is 45.9 Å². The van der Waals surface area contributed by atoms with Gasteiger partial charge in [-0.2, -0.15) is 0 Å². The van der Waals surface area contributed by atoms with Crippen LogP contribution >= 0.6 is 11.6 Å². The lowest BCUT2D eigenvalue weighted by molar-refractivity contribution is 0.262. The van der Waals surface area contributed by atoms with E-state index in [1.807, 2.05) is 6.92 Å². The number of benzene rings is 2. The lowest BCUT2D eigenvalue weighted by Gasteiger charge is -2.13. The van der Waals surface area contributed by atoms with Crippen molar-refractivity contribution < 1.29 is 18.7 Å². The van der Waals surface area contributed by atoms with Crippen molar-refractivity contribution in [1.29, 1.82) is 0 Å². The molecule has 28 heavy (non-hydrogen) atoms. The highest BCUT2D eigenvalue weighted by molar-refractivity contribution is 6.32. The van der Waals surface area contributed by atoms with E-state index in [2.05, 4.69) is 10.6 Å². The van der Waals surface area contributed by atoms with Crippen LogP contribution in [0.3, 0.4) is 0 Å². The first-order valence-corrected chi connectivity index (χ1v) is 8.97. The maximum Gasteiger partial charge on any atom is 0.419 e. The van der Waals surface area contributed by atoms with Gasteiger partial charge in [0.25, 0.3) is 0 Å². The molecule has 9 heteroatoms. The number of halogens is 1. The first kappa shape index (κ1) is 19.6. The SMILES string of the molecule is CCCn1c(=O)oc2cc(NC(=O)Nc3cc(Cl)c(OC)cc3OC)ccc21. The van der Waals surface area contributed by atoms with Crippen LogP contribution in [0.15, 0.2) is 39.5 Å². The summed E-state index contributed by atoms with van der Waals surface area (Å²) in [6.07, 6.45) is 0.809. The molecule has 1 heterocycles. The Bertz CT molecular complexity index is 1070. The number of ether oxygens (including phenoxy) is 2. The van der Waals surface area contributed by atoms with E-state index in [0.717, 1.165) is 6.42 Å². The van der Waals surface area contributed by atoms with Crippen LogP contribution in [0.5, 0.6) is 11.5 Å². The molecule has 0 spiro atoms. The lowest BCUT2D eigenvalue weighted by Crippen LogP contribution is -2.19. The average Bonchev–Trinajstić information content (AvgIpc) is 2.97. The molecule has 8 nitrogen and oxygen atoms in total. The predicted molar refractivity (Wildman–Crippen MR) is 108 cm³/mol. The Hall–Kier alpha value is -3.13. The quantitative estimate of drug-likeness (QED) is 0.636. The number of oxazole rings is 1. The number of nitrogens with zero attached hydrogens (tertiary/aromatic N) is 1. The normalized spacial score (nSPS) is 10.7. The number of anilines is 2. The minimum atomic E-state index is -0.505. The Morgan fingerprint density at radius 2 is 1.89 bits per heavy atom. The summed E-state index contributed by atoms with van der Waals surface area (Å²) in [5.74, 6) is 0.409. The molecule has 0 aliphatic carbocycles. The molecule has 2 amide bonds. The third kappa shape index (κ3) is 3.91. The molecule has 3 aromatic rings. The van der Waals surface area contributed by atoms with Crippen LogP contribution in [0, 0.1) is 0 Å². The van der Waals surface area contributed by atoms with Gasteiger partial charge in [-0.15, -0.1) is 0 Å². The van der Waals surface area contributed by atoms with E-state index >= 15 is 0 Å². The Kier molecular flexibility index (Phi) is 5.79. The van der Waals surface area contributed by atoms with Gasteiger partial charge in [0.05, 0.1) is 30.4 Å². The fourth-order valence-electron chi connectivity index (χ4n) is 2.82. The molecule has 0 bridgehead atoms. The topological polar surface area (TPSA) is 94.7 Å². The first-order valence-electron chi connectivity index (χ1n) is 8.59. The van der Waals surface area contributed by atoms with Gasteiger partial charge in [0.2, 0.25) is 0 Å². The third-order valence-electron chi connectivity index (χ3n) is 4.10. The average molecular weight is 406 g/mol. The zero-order valence-corrected chi connectivity index (χ0v) is 16.4. The van der Waals surface area contributed by atoms with Gasteiger partial charge in [-0.25, -0.2) is 9.59 Å². The lowest BCUT2D eigenvalue weighted by atomic mass is 10.2. The number of rotatable bonds is 6. The summed E-state index contributed by atoms with van der Waals surface area (Å²) in [4.78, 5) is 24.3. The number of hydrogen-bond acceptors (Lipinski definition) is 5. The zero-order valence-electron chi connectivity index (χ0n) is 15.7. The number of carbonyl (C=O) groups is 1. The summed E-state index contributed by atoms with van der Waals surface area (Å²) in [7, 11) is 2.96. The number of urea groups is 1. The highest BCUT2D eigenvalue weighted by Crippen LogP contribution is 2.36. The van der Waals surface area contributed by atoms with E-state index < -0.39 is 11.8 Å². The van der Waals surface area contributed by atoms with Gasteiger partial charge in [-0.1, -0.05) is 18.5 Å². The molecule has 2 N–H and O–H groups in total. The molecular weight excluding hydrogens is 386 g/mol. The molecule has 2 aromatic carbocycles. The van der Waals surface area contributed by atoms with Gasteiger partial charge in [0.1, 0.15) is 11.5 Å². The van der Waals surface area contributed by atoms with Crippen LogP contribution in [0.2, 0.25) is 5.02 Å². The summed E-state index contributed by atoms with van der Waals surface area (Å²) >= 11 is 6.11. The van der Waals surface area contributed by atoms with Gasteiger partial charge >= 0.3 is 11.8 Å². The van der Waals surface area contributed by atoms with Crippen LogP contribution in [-0.2, 0) is 6.54 Å². The summed E-state index contributed by atoms with van der Waals surface area (Å²) in [6.45, 7) is 2.54. The maximum absolute atomic E-state index is 12.4. The molecule has 0 saturated carbocycles. The van der Waals surface area contributed by atoms with Gasteiger partial charge in [-0.05, 0) is 24.6 Å². The fourth-order valence-corrected chi connectivity index (χ4v) is 3.06. The molecule has 0 unspecified atom stereocenters. The summed E-state index contributed by atoms with van der Waals surface area (Å²) < 4.78 is 17.2. The molecule has 148 valence electrons. The Morgan fingerprint density at radius 1 is 1.14 bits per heavy atom. The standard InChI is InChI=1S/C19H20ClN3O5/c1-4-7-23-14-6-5-11(8-17(14)28-19(23)25)21-18(24)22-13-9-12(20)15(26-2)10-16(13)27-3/h5-6,8-10H,4,7H2,1-3H3,(H2,21,22,24). The zero-order chi connectivity index (χ0) is 20.3. The van der Waals surface area contributed by atoms with E-state index in [-0.39, 0.29) is 0 Å². The summed E-state index contributed by atoms with van der Waals surface area (Å²) in [5, 5.41) is 5.70. The molecule has 1 aromatic heterocycles. The van der Waals surface area contributed by atoms with Crippen LogP contribution < -0.4 is 25.9 Å². The number of amides is 2. The molecule has 0 aliphatic rings. The second-order valence-electron chi connectivity index (χ2n) is 5.97. The highest BCUT2D eigenvalue weighted by Gasteiger charge is 2.14. The predicted octanol–water partition coefficient (Wildman–Crippen LogP) is 4.32.